The van der Waals surface area contributed by atoms with Gasteiger partial charge in [0.25, 0.3) is 0 Å². The molecule has 0 aromatic heterocycles. The largest absolute Gasteiger partial charge is 0.330 e. The van der Waals surface area contributed by atoms with E-state index in [-0.39, 0.29) is 5.41 Å². The van der Waals surface area contributed by atoms with Crippen molar-refractivity contribution in [3.63, 3.8) is 0 Å². The lowest BCUT2D eigenvalue weighted by Crippen LogP contribution is -2.40. The Kier molecular flexibility index (Phi) is 3.68. The number of nitrogens with two attached hydrogens (primary N) is 1. The summed E-state index contributed by atoms with van der Waals surface area (Å²) in [7, 11) is 0. The van der Waals surface area contributed by atoms with Crippen molar-refractivity contribution in [3.8, 4) is 0 Å². The molecule has 0 aromatic rings. The van der Waals surface area contributed by atoms with Crippen molar-refractivity contribution >= 4 is 5.78 Å². The first-order chi connectivity index (χ1) is 7.65. The zero-order valence-corrected chi connectivity index (χ0v) is 10.5. The number of hydrogen-bond acceptors (Lipinski definition) is 2. The van der Waals surface area contributed by atoms with Crippen LogP contribution in [0.1, 0.15) is 58.3 Å². The highest BCUT2D eigenvalue weighted by Gasteiger charge is 2.39. The highest BCUT2D eigenvalue weighted by Crippen LogP contribution is 2.44. The quantitative estimate of drug-likeness (QED) is 0.796. The molecular weight excluding hydrogens is 198 g/mol. The number of Topliss-reactive ketones (excluding diaryl/α,β-unsaturated/α-hetero) is 1. The smallest absolute Gasteiger partial charge is 0.136 e. The van der Waals surface area contributed by atoms with E-state index in [9.17, 15) is 4.79 Å². The molecule has 0 heterocycles. The summed E-state index contributed by atoms with van der Waals surface area (Å²) in [6, 6.07) is 0. The second-order valence-electron chi connectivity index (χ2n) is 6.16. The fraction of sp³-hybridized carbons (Fsp3) is 0.929. The van der Waals surface area contributed by atoms with Crippen LogP contribution in [0.5, 0.6) is 0 Å². The fourth-order valence-corrected chi connectivity index (χ4v) is 3.23. The van der Waals surface area contributed by atoms with Crippen molar-refractivity contribution in [3.05, 3.63) is 0 Å². The van der Waals surface area contributed by atoms with Gasteiger partial charge in [0, 0.05) is 12.3 Å². The number of hydrogen-bond donors (Lipinski definition) is 1. The maximum atomic E-state index is 12.2. The summed E-state index contributed by atoms with van der Waals surface area (Å²) in [6.45, 7) is 3.01. The SMILES string of the molecule is CC1CCC(C(=O)CC2(CN)CCC2)CC1. The van der Waals surface area contributed by atoms with Crippen LogP contribution in [0, 0.1) is 17.3 Å². The summed E-state index contributed by atoms with van der Waals surface area (Å²) in [4.78, 5) is 12.2. The third-order valence-corrected chi connectivity index (χ3v) is 4.87. The molecule has 0 aliphatic heterocycles. The number of rotatable bonds is 4. The van der Waals surface area contributed by atoms with Crippen molar-refractivity contribution in [1.29, 1.82) is 0 Å². The van der Waals surface area contributed by atoms with E-state index >= 15 is 0 Å². The lowest BCUT2D eigenvalue weighted by Gasteiger charge is -2.41. The minimum Gasteiger partial charge on any atom is -0.330 e. The average Bonchev–Trinajstić information content (AvgIpc) is 2.24. The highest BCUT2D eigenvalue weighted by atomic mass is 16.1. The van der Waals surface area contributed by atoms with E-state index in [0.717, 1.165) is 25.2 Å². The van der Waals surface area contributed by atoms with Gasteiger partial charge < -0.3 is 5.73 Å². The molecule has 2 aliphatic rings. The van der Waals surface area contributed by atoms with Crippen LogP contribution in [-0.2, 0) is 4.79 Å². The molecule has 2 nitrogen and oxygen atoms in total. The molecule has 2 N–H and O–H groups in total. The molecule has 0 unspecified atom stereocenters. The zero-order chi connectivity index (χ0) is 11.6. The topological polar surface area (TPSA) is 43.1 Å². The van der Waals surface area contributed by atoms with Crippen LogP contribution >= 0.6 is 0 Å². The molecule has 2 saturated carbocycles. The molecular formula is C14H25NO. The van der Waals surface area contributed by atoms with Crippen molar-refractivity contribution in [2.24, 2.45) is 23.0 Å². The van der Waals surface area contributed by atoms with E-state index in [1.165, 1.54) is 32.1 Å². The van der Waals surface area contributed by atoms with E-state index in [2.05, 4.69) is 6.92 Å². The van der Waals surface area contributed by atoms with Gasteiger partial charge in [-0.15, -0.1) is 0 Å². The molecule has 0 atom stereocenters. The standard InChI is InChI=1S/C14H25NO/c1-11-3-5-12(6-4-11)13(16)9-14(10-15)7-2-8-14/h11-12H,2-10,15H2,1H3. The second kappa shape index (κ2) is 4.87. The first-order valence-corrected chi connectivity index (χ1v) is 6.88. The van der Waals surface area contributed by atoms with Crippen LogP contribution in [0.15, 0.2) is 0 Å². The number of ketones is 1. The molecule has 16 heavy (non-hydrogen) atoms. The van der Waals surface area contributed by atoms with Crippen molar-refractivity contribution in [1.82, 2.24) is 0 Å². The zero-order valence-electron chi connectivity index (χ0n) is 10.5. The summed E-state index contributed by atoms with van der Waals surface area (Å²) in [5.41, 5.74) is 6.02. The average molecular weight is 223 g/mol. The summed E-state index contributed by atoms with van der Waals surface area (Å²) >= 11 is 0. The highest BCUT2D eigenvalue weighted by molar-refractivity contribution is 5.81. The van der Waals surface area contributed by atoms with E-state index in [1.54, 1.807) is 0 Å². The Morgan fingerprint density at radius 1 is 1.25 bits per heavy atom. The van der Waals surface area contributed by atoms with Gasteiger partial charge in [-0.2, -0.15) is 0 Å². The lowest BCUT2D eigenvalue weighted by molar-refractivity contribution is -0.127. The molecule has 0 amide bonds. The molecule has 2 rings (SSSR count). The van der Waals surface area contributed by atoms with Gasteiger partial charge in [0.1, 0.15) is 5.78 Å². The summed E-state index contributed by atoms with van der Waals surface area (Å²) in [5.74, 6) is 1.70. The van der Waals surface area contributed by atoms with Crippen molar-refractivity contribution in [2.75, 3.05) is 6.54 Å². The third kappa shape index (κ3) is 2.48. The number of carbonyl (C=O) groups excluding carboxylic acids is 1. The van der Waals surface area contributed by atoms with Crippen molar-refractivity contribution in [2.45, 2.75) is 58.3 Å². The molecule has 2 heteroatoms. The maximum Gasteiger partial charge on any atom is 0.136 e. The Balaban J connectivity index is 1.83. The maximum absolute atomic E-state index is 12.2. The van der Waals surface area contributed by atoms with E-state index in [4.69, 9.17) is 5.73 Å². The predicted molar refractivity (Wildman–Crippen MR) is 66.1 cm³/mol. The van der Waals surface area contributed by atoms with Gasteiger partial charge in [0.05, 0.1) is 0 Å². The molecule has 0 saturated heterocycles. The minimum absolute atomic E-state index is 0.208. The van der Waals surface area contributed by atoms with Crippen LogP contribution in [0.3, 0.4) is 0 Å². The summed E-state index contributed by atoms with van der Waals surface area (Å²) in [5, 5.41) is 0. The third-order valence-electron chi connectivity index (χ3n) is 4.87. The Morgan fingerprint density at radius 3 is 2.31 bits per heavy atom. The van der Waals surface area contributed by atoms with E-state index in [1.807, 2.05) is 0 Å². The van der Waals surface area contributed by atoms with E-state index in [0.29, 0.717) is 18.2 Å². The van der Waals surface area contributed by atoms with Gasteiger partial charge in [0.2, 0.25) is 0 Å². The van der Waals surface area contributed by atoms with Gasteiger partial charge in [-0.3, -0.25) is 4.79 Å². The first kappa shape index (κ1) is 12.1. The molecule has 0 radical (unpaired) electrons. The summed E-state index contributed by atoms with van der Waals surface area (Å²) in [6.07, 6.45) is 9.13. The fourth-order valence-electron chi connectivity index (χ4n) is 3.23. The lowest BCUT2D eigenvalue weighted by atomic mass is 9.64. The van der Waals surface area contributed by atoms with Gasteiger partial charge in [-0.1, -0.05) is 26.2 Å². The Morgan fingerprint density at radius 2 is 1.88 bits per heavy atom. The molecule has 2 aliphatic carbocycles. The monoisotopic (exact) mass is 223 g/mol. The molecule has 0 aromatic carbocycles. The van der Waals surface area contributed by atoms with Gasteiger partial charge in [0.15, 0.2) is 0 Å². The van der Waals surface area contributed by atoms with Crippen LogP contribution in [0.2, 0.25) is 0 Å². The molecule has 0 bridgehead atoms. The van der Waals surface area contributed by atoms with Crippen LogP contribution < -0.4 is 5.73 Å². The van der Waals surface area contributed by atoms with Crippen molar-refractivity contribution < 1.29 is 4.79 Å². The van der Waals surface area contributed by atoms with E-state index < -0.39 is 0 Å². The molecule has 0 spiro atoms. The van der Waals surface area contributed by atoms with Gasteiger partial charge in [-0.05, 0) is 43.6 Å². The first-order valence-electron chi connectivity index (χ1n) is 6.88. The Labute approximate surface area is 99.0 Å². The predicted octanol–water partition coefficient (Wildman–Crippen LogP) is 2.90. The molecule has 92 valence electrons. The van der Waals surface area contributed by atoms with Crippen LogP contribution in [-0.4, -0.2) is 12.3 Å². The normalized spacial score (nSPS) is 33.1. The summed E-state index contributed by atoms with van der Waals surface area (Å²) < 4.78 is 0. The Hall–Kier alpha value is -0.370. The number of carbonyl (C=O) groups is 1. The molecule has 2 fully saturated rings. The second-order valence-corrected chi connectivity index (χ2v) is 6.16. The van der Waals surface area contributed by atoms with Crippen LogP contribution in [0.4, 0.5) is 0 Å². The van der Waals surface area contributed by atoms with Gasteiger partial charge >= 0.3 is 0 Å². The van der Waals surface area contributed by atoms with Gasteiger partial charge in [-0.25, -0.2) is 0 Å². The minimum atomic E-state index is 0.208. The van der Waals surface area contributed by atoms with Crippen LogP contribution in [0.25, 0.3) is 0 Å². The Bertz CT molecular complexity index is 244.